The molecule has 1 aliphatic rings. The van der Waals surface area contributed by atoms with Gasteiger partial charge in [-0.2, -0.15) is 0 Å². The van der Waals surface area contributed by atoms with Crippen molar-refractivity contribution in [2.75, 3.05) is 16.8 Å². The van der Waals surface area contributed by atoms with Crippen LogP contribution in [0.4, 0.5) is 15.8 Å². The number of rotatable bonds is 5. The number of carboxylic acids is 1. The zero-order chi connectivity index (χ0) is 25.1. The van der Waals surface area contributed by atoms with Crippen molar-refractivity contribution >= 4 is 23.3 Å². The van der Waals surface area contributed by atoms with Crippen molar-refractivity contribution < 1.29 is 23.8 Å². The molecule has 1 atom stereocenters. The minimum Gasteiger partial charge on any atom is -0.484 e. The van der Waals surface area contributed by atoms with Gasteiger partial charge in [-0.1, -0.05) is 60.7 Å². The summed E-state index contributed by atoms with van der Waals surface area (Å²) in [6.45, 7) is 0.862. The summed E-state index contributed by atoms with van der Waals surface area (Å²) in [7, 11) is 0. The lowest BCUT2D eigenvalue weighted by molar-refractivity contribution is 0.0697. The molecule has 1 unspecified atom stereocenters. The van der Waals surface area contributed by atoms with E-state index in [0.29, 0.717) is 18.8 Å². The Morgan fingerprint density at radius 2 is 1.61 bits per heavy atom. The molecule has 7 heteroatoms. The van der Waals surface area contributed by atoms with E-state index in [-0.39, 0.29) is 22.9 Å². The highest BCUT2D eigenvalue weighted by molar-refractivity contribution is 6.05. The number of benzene rings is 4. The van der Waals surface area contributed by atoms with E-state index in [1.165, 1.54) is 24.3 Å². The van der Waals surface area contributed by atoms with Gasteiger partial charge < -0.3 is 20.1 Å². The fraction of sp³-hybridized carbons (Fsp3) is 0.103. The Bertz CT molecular complexity index is 1420. The highest BCUT2D eigenvalue weighted by Gasteiger charge is 2.27. The van der Waals surface area contributed by atoms with Crippen LogP contribution in [-0.2, 0) is 6.54 Å². The number of fused-ring (bicyclic) bond motifs is 1. The molecule has 5 rings (SSSR count). The minimum atomic E-state index is -1.14. The fourth-order valence-corrected chi connectivity index (χ4v) is 4.34. The standard InChI is InChI=1S/C29H23FN2O4/c30-24-12-6-5-11-22(24)28(33)31-21-14-15-25(23(16-21)29(34)35)32-17-20-10-4-7-13-26(20)36-27(18-32)19-8-2-1-3-9-19/h1-16,27H,17-18H2,(H,31,33)(H,34,35). The van der Waals surface area contributed by atoms with E-state index in [1.807, 2.05) is 59.5 Å². The van der Waals surface area contributed by atoms with Crippen LogP contribution in [0.2, 0.25) is 0 Å². The number of carboxylic acid groups (broad SMARTS) is 1. The number of ether oxygens (including phenoxy) is 1. The third kappa shape index (κ3) is 4.77. The number of hydrogen-bond acceptors (Lipinski definition) is 4. The van der Waals surface area contributed by atoms with Gasteiger partial charge in [-0.25, -0.2) is 9.18 Å². The van der Waals surface area contributed by atoms with E-state index in [0.717, 1.165) is 16.9 Å². The molecule has 2 N–H and O–H groups in total. The van der Waals surface area contributed by atoms with Gasteiger partial charge in [0, 0.05) is 17.8 Å². The molecule has 0 saturated heterocycles. The van der Waals surface area contributed by atoms with E-state index >= 15 is 0 Å². The molecule has 0 bridgehead atoms. The van der Waals surface area contributed by atoms with E-state index in [4.69, 9.17) is 4.74 Å². The fourth-order valence-electron chi connectivity index (χ4n) is 4.34. The Hall–Kier alpha value is -4.65. The quantitative estimate of drug-likeness (QED) is 0.369. The van der Waals surface area contributed by atoms with E-state index in [2.05, 4.69) is 5.32 Å². The summed E-state index contributed by atoms with van der Waals surface area (Å²) in [5.74, 6) is -1.69. The van der Waals surface area contributed by atoms with Crippen LogP contribution in [-0.4, -0.2) is 23.5 Å². The van der Waals surface area contributed by atoms with E-state index in [1.54, 1.807) is 18.2 Å². The molecule has 4 aromatic rings. The van der Waals surface area contributed by atoms with Crippen molar-refractivity contribution in [3.05, 3.63) is 125 Å². The topological polar surface area (TPSA) is 78.9 Å². The smallest absolute Gasteiger partial charge is 0.337 e. The van der Waals surface area contributed by atoms with Crippen molar-refractivity contribution in [3.8, 4) is 5.75 Å². The summed E-state index contributed by atoms with van der Waals surface area (Å²) >= 11 is 0. The summed E-state index contributed by atoms with van der Waals surface area (Å²) in [5.41, 5.74) is 2.56. The number of carbonyl (C=O) groups excluding carboxylic acids is 1. The number of nitrogens with zero attached hydrogens (tertiary/aromatic N) is 1. The monoisotopic (exact) mass is 482 g/mol. The first-order valence-electron chi connectivity index (χ1n) is 11.5. The van der Waals surface area contributed by atoms with Gasteiger partial charge in [0.1, 0.15) is 17.7 Å². The van der Waals surface area contributed by atoms with Gasteiger partial charge in [-0.05, 0) is 42.0 Å². The lowest BCUT2D eigenvalue weighted by Crippen LogP contribution is -2.29. The summed E-state index contributed by atoms with van der Waals surface area (Å²) in [4.78, 5) is 26.8. The summed E-state index contributed by atoms with van der Waals surface area (Å²) in [6, 6.07) is 27.8. The highest BCUT2D eigenvalue weighted by atomic mass is 19.1. The van der Waals surface area contributed by atoms with Crippen molar-refractivity contribution in [1.82, 2.24) is 0 Å². The molecule has 0 spiro atoms. The molecule has 1 aliphatic heterocycles. The van der Waals surface area contributed by atoms with Crippen LogP contribution < -0.4 is 15.0 Å². The Kier molecular flexibility index (Phi) is 6.36. The molecule has 0 aromatic heterocycles. The molecule has 4 aromatic carbocycles. The Labute approximate surface area is 207 Å². The number of para-hydroxylation sites is 1. The van der Waals surface area contributed by atoms with Crippen LogP contribution in [0.3, 0.4) is 0 Å². The molecule has 1 amide bonds. The predicted molar refractivity (Wildman–Crippen MR) is 135 cm³/mol. The number of nitrogens with one attached hydrogen (secondary N) is 1. The first-order valence-corrected chi connectivity index (χ1v) is 11.5. The van der Waals surface area contributed by atoms with Crippen LogP contribution in [0.1, 0.15) is 37.9 Å². The Morgan fingerprint density at radius 1 is 0.889 bits per heavy atom. The zero-order valence-electron chi connectivity index (χ0n) is 19.2. The first kappa shape index (κ1) is 23.1. The Morgan fingerprint density at radius 3 is 2.39 bits per heavy atom. The van der Waals surface area contributed by atoms with Gasteiger partial charge in [-0.15, -0.1) is 0 Å². The van der Waals surface area contributed by atoms with E-state index in [9.17, 15) is 19.1 Å². The summed E-state index contributed by atoms with van der Waals surface area (Å²) in [6.07, 6.45) is -0.322. The van der Waals surface area contributed by atoms with Crippen LogP contribution in [0.25, 0.3) is 0 Å². The zero-order valence-corrected chi connectivity index (χ0v) is 19.2. The lowest BCUT2D eigenvalue weighted by atomic mass is 10.1. The van der Waals surface area contributed by atoms with Gasteiger partial charge >= 0.3 is 5.97 Å². The van der Waals surface area contributed by atoms with E-state index < -0.39 is 17.7 Å². The number of amides is 1. The molecule has 1 heterocycles. The van der Waals surface area contributed by atoms with Crippen molar-refractivity contribution in [2.24, 2.45) is 0 Å². The second-order valence-electron chi connectivity index (χ2n) is 8.48. The maximum absolute atomic E-state index is 14.0. The predicted octanol–water partition coefficient (Wildman–Crippen LogP) is 5.92. The molecule has 0 fully saturated rings. The van der Waals surface area contributed by atoms with Gasteiger partial charge in [0.05, 0.1) is 23.4 Å². The normalized spacial score (nSPS) is 14.8. The second kappa shape index (κ2) is 9.92. The third-order valence-corrected chi connectivity index (χ3v) is 6.10. The number of aromatic carboxylic acids is 1. The summed E-state index contributed by atoms with van der Waals surface area (Å²) in [5, 5.41) is 12.6. The van der Waals surface area contributed by atoms with Gasteiger partial charge in [0.15, 0.2) is 0 Å². The number of anilines is 2. The maximum atomic E-state index is 14.0. The molecular weight excluding hydrogens is 459 g/mol. The van der Waals surface area contributed by atoms with Gasteiger partial charge in [0.2, 0.25) is 0 Å². The third-order valence-electron chi connectivity index (χ3n) is 6.10. The molecule has 0 aliphatic carbocycles. The van der Waals surface area contributed by atoms with Gasteiger partial charge in [-0.3, -0.25) is 4.79 Å². The van der Waals surface area contributed by atoms with Crippen molar-refractivity contribution in [3.63, 3.8) is 0 Å². The van der Waals surface area contributed by atoms with Gasteiger partial charge in [0.25, 0.3) is 5.91 Å². The first-order chi connectivity index (χ1) is 17.5. The SMILES string of the molecule is O=C(Nc1ccc(N2Cc3ccccc3OC(c3ccccc3)C2)c(C(=O)O)c1)c1ccccc1F. The number of halogens is 1. The van der Waals surface area contributed by atoms with Crippen molar-refractivity contribution in [2.45, 2.75) is 12.6 Å². The Balaban J connectivity index is 1.49. The lowest BCUT2D eigenvalue weighted by Gasteiger charge is -2.27. The minimum absolute atomic E-state index is 0.0209. The average molecular weight is 483 g/mol. The number of carbonyl (C=O) groups is 2. The van der Waals surface area contributed by atoms with Crippen LogP contribution >= 0.6 is 0 Å². The highest BCUT2D eigenvalue weighted by Crippen LogP contribution is 2.35. The number of hydrogen-bond donors (Lipinski definition) is 2. The van der Waals surface area contributed by atoms with Crippen molar-refractivity contribution in [1.29, 1.82) is 0 Å². The largest absolute Gasteiger partial charge is 0.484 e. The molecule has 0 saturated carbocycles. The van der Waals surface area contributed by atoms with Crippen LogP contribution in [0, 0.1) is 5.82 Å². The second-order valence-corrected chi connectivity index (χ2v) is 8.48. The molecule has 6 nitrogen and oxygen atoms in total. The van der Waals surface area contributed by atoms with Crippen LogP contribution in [0.15, 0.2) is 97.1 Å². The molecule has 180 valence electrons. The average Bonchev–Trinajstić information content (AvgIpc) is 3.09. The maximum Gasteiger partial charge on any atom is 0.337 e. The molecule has 0 radical (unpaired) electrons. The molecular formula is C29H23FN2O4. The van der Waals surface area contributed by atoms with Crippen LogP contribution in [0.5, 0.6) is 5.75 Å². The summed E-state index contributed by atoms with van der Waals surface area (Å²) < 4.78 is 20.4. The molecule has 36 heavy (non-hydrogen) atoms.